The third-order valence-corrected chi connectivity index (χ3v) is 3.70. The predicted molar refractivity (Wildman–Crippen MR) is 113 cm³/mol. The van der Waals surface area contributed by atoms with Crippen molar-refractivity contribution in [2.24, 2.45) is 5.92 Å². The zero-order valence-electron chi connectivity index (χ0n) is 16.0. The summed E-state index contributed by atoms with van der Waals surface area (Å²) < 4.78 is 11.2. The molecule has 0 radical (unpaired) electrons. The molecule has 2 N–H and O–H groups in total. The Balaban J connectivity index is 1.88. The first-order valence-electron chi connectivity index (χ1n) is 9.06. The molecule has 0 atom stereocenters. The quantitative estimate of drug-likeness (QED) is 0.648. The van der Waals surface area contributed by atoms with Crippen LogP contribution in [-0.4, -0.2) is 24.2 Å². The lowest BCUT2D eigenvalue weighted by Gasteiger charge is -2.12. The third kappa shape index (κ3) is 7.27. The molecule has 27 heavy (non-hydrogen) atoms. The molecule has 0 saturated heterocycles. The van der Waals surface area contributed by atoms with Crippen LogP contribution in [0.2, 0.25) is 0 Å². The average Bonchev–Trinajstić information content (AvgIpc) is 2.66. The van der Waals surface area contributed by atoms with Crippen LogP contribution < -0.4 is 20.1 Å². The minimum absolute atomic E-state index is 0.232. The molecule has 0 unspecified atom stereocenters. The van der Waals surface area contributed by atoms with Gasteiger partial charge in [0.2, 0.25) is 0 Å². The van der Waals surface area contributed by atoms with Gasteiger partial charge in [0, 0.05) is 11.3 Å². The van der Waals surface area contributed by atoms with Crippen LogP contribution in [0, 0.1) is 5.92 Å². The van der Waals surface area contributed by atoms with Crippen LogP contribution in [0.3, 0.4) is 0 Å². The minimum atomic E-state index is -0.286. The van der Waals surface area contributed by atoms with Crippen molar-refractivity contribution < 1.29 is 14.3 Å². The third-order valence-electron chi connectivity index (χ3n) is 3.49. The first-order chi connectivity index (χ1) is 13.0. The Morgan fingerprint density at radius 1 is 1.07 bits per heavy atom. The van der Waals surface area contributed by atoms with Gasteiger partial charge in [0.05, 0.1) is 13.2 Å². The molecule has 2 aromatic rings. The van der Waals surface area contributed by atoms with Crippen molar-refractivity contribution in [1.82, 2.24) is 5.32 Å². The molecule has 0 aromatic heterocycles. The van der Waals surface area contributed by atoms with Gasteiger partial charge in [-0.05, 0) is 67.0 Å². The molecule has 0 aliphatic heterocycles. The first kappa shape index (κ1) is 20.7. The summed E-state index contributed by atoms with van der Waals surface area (Å²) in [6.07, 6.45) is 0.908. The van der Waals surface area contributed by atoms with E-state index in [0.717, 1.165) is 17.9 Å². The zero-order valence-corrected chi connectivity index (χ0v) is 16.8. The maximum atomic E-state index is 12.4. The second-order valence-electron chi connectivity index (χ2n) is 6.51. The van der Waals surface area contributed by atoms with Gasteiger partial charge in [-0.3, -0.25) is 10.1 Å². The number of rotatable bonds is 8. The fourth-order valence-corrected chi connectivity index (χ4v) is 2.39. The number of anilines is 1. The highest BCUT2D eigenvalue weighted by atomic mass is 32.1. The number of ether oxygens (including phenoxy) is 2. The van der Waals surface area contributed by atoms with E-state index in [9.17, 15) is 4.79 Å². The lowest BCUT2D eigenvalue weighted by atomic mass is 10.2. The van der Waals surface area contributed by atoms with Crippen molar-refractivity contribution in [3.8, 4) is 11.5 Å². The molecule has 0 fully saturated rings. The van der Waals surface area contributed by atoms with Gasteiger partial charge >= 0.3 is 0 Å². The Kier molecular flexibility index (Phi) is 8.07. The second kappa shape index (κ2) is 10.5. The molecule has 0 aliphatic rings. The number of nitrogens with one attached hydrogen (secondary N) is 2. The summed E-state index contributed by atoms with van der Waals surface area (Å²) in [5.74, 6) is 1.65. The van der Waals surface area contributed by atoms with Crippen LogP contribution in [0.4, 0.5) is 5.69 Å². The molecule has 0 heterocycles. The van der Waals surface area contributed by atoms with Crippen molar-refractivity contribution in [1.29, 1.82) is 0 Å². The Labute approximate surface area is 166 Å². The number of benzene rings is 2. The van der Waals surface area contributed by atoms with Crippen LogP contribution in [0.1, 0.15) is 37.6 Å². The first-order valence-corrected chi connectivity index (χ1v) is 9.46. The van der Waals surface area contributed by atoms with E-state index in [2.05, 4.69) is 24.5 Å². The lowest BCUT2D eigenvalue weighted by molar-refractivity contribution is 0.0977. The van der Waals surface area contributed by atoms with Gasteiger partial charge in [0.25, 0.3) is 5.91 Å². The normalized spacial score (nSPS) is 10.4. The maximum absolute atomic E-state index is 12.4. The van der Waals surface area contributed by atoms with E-state index in [1.54, 1.807) is 18.2 Å². The highest BCUT2D eigenvalue weighted by molar-refractivity contribution is 7.80. The van der Waals surface area contributed by atoms with E-state index in [0.29, 0.717) is 30.4 Å². The molecule has 144 valence electrons. The molecule has 1 amide bonds. The number of hydrogen-bond donors (Lipinski definition) is 2. The number of amides is 1. The highest BCUT2D eigenvalue weighted by Crippen LogP contribution is 2.17. The van der Waals surface area contributed by atoms with Gasteiger partial charge in [0.15, 0.2) is 5.11 Å². The van der Waals surface area contributed by atoms with Crippen LogP contribution >= 0.6 is 12.2 Å². The van der Waals surface area contributed by atoms with E-state index < -0.39 is 0 Å². The van der Waals surface area contributed by atoms with E-state index in [1.165, 1.54) is 0 Å². The van der Waals surface area contributed by atoms with Crippen molar-refractivity contribution in [3.63, 3.8) is 0 Å². The molecular formula is C21H26N2O3S. The molecule has 2 rings (SSSR count). The Morgan fingerprint density at radius 2 is 1.81 bits per heavy atom. The number of thiocarbonyl (C=S) groups is 1. The van der Waals surface area contributed by atoms with Gasteiger partial charge in [-0.2, -0.15) is 0 Å². The fraction of sp³-hybridized carbons (Fsp3) is 0.333. The predicted octanol–water partition coefficient (Wildman–Crippen LogP) is 4.64. The van der Waals surface area contributed by atoms with Gasteiger partial charge in [-0.25, -0.2) is 0 Å². The van der Waals surface area contributed by atoms with Crippen LogP contribution in [0.15, 0.2) is 48.5 Å². The van der Waals surface area contributed by atoms with Crippen molar-refractivity contribution >= 4 is 28.9 Å². The van der Waals surface area contributed by atoms with Crippen molar-refractivity contribution in [2.75, 3.05) is 18.5 Å². The van der Waals surface area contributed by atoms with Crippen molar-refractivity contribution in [3.05, 3.63) is 54.1 Å². The average molecular weight is 387 g/mol. The SMILES string of the molecule is CCCOc1cccc(C(=O)NC(=S)Nc2ccc(OCC(C)C)cc2)c1. The molecule has 6 heteroatoms. The van der Waals surface area contributed by atoms with Gasteiger partial charge in [-0.1, -0.05) is 26.8 Å². The summed E-state index contributed by atoms with van der Waals surface area (Å²) in [5.41, 5.74) is 1.27. The summed E-state index contributed by atoms with van der Waals surface area (Å²) in [5, 5.41) is 5.91. The minimum Gasteiger partial charge on any atom is -0.494 e. The molecular weight excluding hydrogens is 360 g/mol. The molecule has 0 spiro atoms. The topological polar surface area (TPSA) is 59.6 Å². The standard InChI is InChI=1S/C21H26N2O3S/c1-4-12-25-19-7-5-6-16(13-19)20(24)23-21(27)22-17-8-10-18(11-9-17)26-14-15(2)3/h5-11,13,15H,4,12,14H2,1-3H3,(H2,22,23,24,27). The van der Waals surface area contributed by atoms with E-state index in [4.69, 9.17) is 21.7 Å². The second-order valence-corrected chi connectivity index (χ2v) is 6.92. The van der Waals surface area contributed by atoms with Crippen LogP contribution in [-0.2, 0) is 0 Å². The highest BCUT2D eigenvalue weighted by Gasteiger charge is 2.09. The molecule has 0 aliphatic carbocycles. The summed E-state index contributed by atoms with van der Waals surface area (Å²) in [4.78, 5) is 12.4. The summed E-state index contributed by atoms with van der Waals surface area (Å²) in [6.45, 7) is 7.51. The van der Waals surface area contributed by atoms with Gasteiger partial charge < -0.3 is 14.8 Å². The lowest BCUT2D eigenvalue weighted by Crippen LogP contribution is -2.34. The van der Waals surface area contributed by atoms with Crippen molar-refractivity contribution in [2.45, 2.75) is 27.2 Å². The summed E-state index contributed by atoms with van der Waals surface area (Å²) in [6, 6.07) is 14.5. The number of hydrogen-bond acceptors (Lipinski definition) is 4. The molecule has 5 nitrogen and oxygen atoms in total. The van der Waals surface area contributed by atoms with Crippen LogP contribution in [0.5, 0.6) is 11.5 Å². The fourth-order valence-electron chi connectivity index (χ4n) is 2.18. The molecule has 2 aromatic carbocycles. The molecule has 0 saturated carbocycles. The Bertz CT molecular complexity index is 760. The largest absolute Gasteiger partial charge is 0.494 e. The molecule has 0 bridgehead atoms. The Morgan fingerprint density at radius 3 is 2.48 bits per heavy atom. The van der Waals surface area contributed by atoms with E-state index in [-0.39, 0.29) is 11.0 Å². The number of carbonyl (C=O) groups is 1. The van der Waals surface area contributed by atoms with Gasteiger partial charge in [0.1, 0.15) is 11.5 Å². The zero-order chi connectivity index (χ0) is 19.6. The van der Waals surface area contributed by atoms with E-state index in [1.807, 2.05) is 37.3 Å². The van der Waals surface area contributed by atoms with E-state index >= 15 is 0 Å². The maximum Gasteiger partial charge on any atom is 0.257 e. The smallest absolute Gasteiger partial charge is 0.257 e. The summed E-state index contributed by atoms with van der Waals surface area (Å²) in [7, 11) is 0. The van der Waals surface area contributed by atoms with Crippen LogP contribution in [0.25, 0.3) is 0 Å². The summed E-state index contributed by atoms with van der Waals surface area (Å²) >= 11 is 5.23. The Hall–Kier alpha value is -2.60. The van der Waals surface area contributed by atoms with Gasteiger partial charge in [-0.15, -0.1) is 0 Å². The monoisotopic (exact) mass is 386 g/mol. The number of carbonyl (C=O) groups excluding carboxylic acids is 1.